The largest absolute Gasteiger partial charge is 0.459 e. The van der Waals surface area contributed by atoms with Crippen molar-refractivity contribution in [1.82, 2.24) is 14.4 Å². The third-order valence-electron chi connectivity index (χ3n) is 6.63. The molecule has 5 rings (SSSR count). The van der Waals surface area contributed by atoms with Crippen molar-refractivity contribution < 1.29 is 8.84 Å². The Morgan fingerprint density at radius 3 is 2.62 bits per heavy atom. The van der Waals surface area contributed by atoms with Gasteiger partial charge in [-0.25, -0.2) is 4.98 Å². The topological polar surface area (TPSA) is 55.5 Å². The molecule has 0 fully saturated rings. The quantitative estimate of drug-likeness (QED) is 0.291. The van der Waals surface area contributed by atoms with E-state index in [2.05, 4.69) is 86.0 Å². The van der Waals surface area contributed by atoms with Crippen LogP contribution in [0, 0.1) is 0 Å². The number of aromatic amines is 1. The van der Waals surface area contributed by atoms with E-state index in [0.717, 1.165) is 39.5 Å². The highest BCUT2D eigenvalue weighted by Gasteiger charge is 2.37. The number of aromatic nitrogens is 3. The standard InChI is InChI=1S/C26H29N3O2Si/c1-26(2,3)32(4,5)30-17-21-9-10-24(31-21)20-8-11-25-28-23(16-29(25)15-20)19-7-6-18-12-13-27-22(18)14-19/h6-16,27H,17H2,1-5H3. The van der Waals surface area contributed by atoms with Gasteiger partial charge in [0.05, 0.1) is 12.3 Å². The van der Waals surface area contributed by atoms with Gasteiger partial charge in [-0.1, -0.05) is 32.9 Å². The molecule has 32 heavy (non-hydrogen) atoms. The minimum Gasteiger partial charge on any atom is -0.459 e. The highest BCUT2D eigenvalue weighted by molar-refractivity contribution is 6.74. The lowest BCUT2D eigenvalue weighted by Crippen LogP contribution is -2.40. The first-order chi connectivity index (χ1) is 15.2. The molecule has 164 valence electrons. The normalized spacial score (nSPS) is 12.8. The number of nitrogens with zero attached hydrogens (tertiary/aromatic N) is 2. The molecule has 0 aliphatic rings. The van der Waals surface area contributed by atoms with E-state index >= 15 is 0 Å². The summed E-state index contributed by atoms with van der Waals surface area (Å²) in [5.41, 5.74) is 5.07. The molecule has 0 saturated carbocycles. The Bertz CT molecular complexity index is 1400. The average molecular weight is 444 g/mol. The predicted molar refractivity (Wildman–Crippen MR) is 132 cm³/mol. The summed E-state index contributed by atoms with van der Waals surface area (Å²) in [6.07, 6.45) is 6.09. The summed E-state index contributed by atoms with van der Waals surface area (Å²) in [6.45, 7) is 11.8. The van der Waals surface area contributed by atoms with Gasteiger partial charge in [-0.15, -0.1) is 0 Å². The van der Waals surface area contributed by atoms with Gasteiger partial charge in [-0.05, 0) is 59.9 Å². The lowest BCUT2D eigenvalue weighted by molar-refractivity contribution is 0.247. The molecule has 5 nitrogen and oxygen atoms in total. The van der Waals surface area contributed by atoms with E-state index in [1.807, 2.05) is 24.4 Å². The van der Waals surface area contributed by atoms with Crippen LogP contribution >= 0.6 is 0 Å². The van der Waals surface area contributed by atoms with Gasteiger partial charge < -0.3 is 18.2 Å². The van der Waals surface area contributed by atoms with E-state index in [-0.39, 0.29) is 5.04 Å². The Kier molecular flexibility index (Phi) is 4.87. The Morgan fingerprint density at radius 2 is 1.81 bits per heavy atom. The molecule has 0 saturated heterocycles. The Balaban J connectivity index is 1.38. The Morgan fingerprint density at radius 1 is 1.00 bits per heavy atom. The van der Waals surface area contributed by atoms with Gasteiger partial charge in [0.2, 0.25) is 0 Å². The summed E-state index contributed by atoms with van der Waals surface area (Å²) in [5.74, 6) is 1.69. The smallest absolute Gasteiger partial charge is 0.192 e. The van der Waals surface area contributed by atoms with Crippen molar-refractivity contribution in [3.63, 3.8) is 0 Å². The summed E-state index contributed by atoms with van der Waals surface area (Å²) in [6, 6.07) is 16.5. The van der Waals surface area contributed by atoms with Gasteiger partial charge in [0, 0.05) is 35.2 Å². The molecular formula is C26H29N3O2Si. The van der Waals surface area contributed by atoms with Crippen LogP contribution < -0.4 is 0 Å². The van der Waals surface area contributed by atoms with Crippen LogP contribution in [0.15, 0.2) is 71.5 Å². The second-order valence-corrected chi connectivity index (χ2v) is 14.7. The third kappa shape index (κ3) is 3.80. The number of furan rings is 1. The maximum absolute atomic E-state index is 6.30. The van der Waals surface area contributed by atoms with Crippen molar-refractivity contribution in [2.75, 3.05) is 0 Å². The van der Waals surface area contributed by atoms with Crippen LogP contribution in [0.1, 0.15) is 26.5 Å². The van der Waals surface area contributed by atoms with Gasteiger partial charge in [0.1, 0.15) is 17.2 Å². The molecule has 0 unspecified atom stereocenters. The first kappa shape index (κ1) is 20.8. The zero-order chi connectivity index (χ0) is 22.5. The van der Waals surface area contributed by atoms with Crippen molar-refractivity contribution >= 4 is 24.9 Å². The average Bonchev–Trinajstić information content (AvgIpc) is 3.49. The molecule has 0 atom stereocenters. The number of fused-ring (bicyclic) bond motifs is 2. The number of hydrogen-bond donors (Lipinski definition) is 1. The summed E-state index contributed by atoms with van der Waals surface area (Å²) in [4.78, 5) is 8.07. The van der Waals surface area contributed by atoms with Crippen LogP contribution in [-0.2, 0) is 11.0 Å². The summed E-state index contributed by atoms with van der Waals surface area (Å²) < 4.78 is 14.5. The van der Waals surface area contributed by atoms with Gasteiger partial charge in [-0.2, -0.15) is 0 Å². The van der Waals surface area contributed by atoms with Crippen LogP contribution in [0.25, 0.3) is 39.1 Å². The lowest BCUT2D eigenvalue weighted by Gasteiger charge is -2.35. The molecule has 0 aliphatic heterocycles. The van der Waals surface area contributed by atoms with Crippen LogP contribution in [0.3, 0.4) is 0 Å². The molecule has 0 aliphatic carbocycles. The number of benzene rings is 1. The van der Waals surface area contributed by atoms with Crippen molar-refractivity contribution in [3.8, 4) is 22.6 Å². The molecule has 6 heteroatoms. The van der Waals surface area contributed by atoms with Crippen molar-refractivity contribution in [3.05, 3.63) is 72.9 Å². The zero-order valence-corrected chi connectivity index (χ0v) is 20.3. The first-order valence-corrected chi connectivity index (χ1v) is 13.9. The highest BCUT2D eigenvalue weighted by atomic mass is 28.4. The molecule has 0 radical (unpaired) electrons. The molecule has 4 heterocycles. The molecule has 0 spiro atoms. The molecule has 0 bridgehead atoms. The Labute approximate surface area is 189 Å². The SMILES string of the molecule is CC(C)(C)[Si](C)(C)OCc1ccc(-c2ccc3nc(-c4ccc5cc[nH]c5c4)cn3c2)o1. The maximum Gasteiger partial charge on any atom is 0.192 e. The zero-order valence-electron chi connectivity index (χ0n) is 19.3. The van der Waals surface area contributed by atoms with E-state index < -0.39 is 8.32 Å². The fourth-order valence-electron chi connectivity index (χ4n) is 3.56. The fraction of sp³-hybridized carbons (Fsp3) is 0.269. The Hall–Kier alpha value is -3.09. The molecule has 5 aromatic rings. The van der Waals surface area contributed by atoms with Gasteiger partial charge >= 0.3 is 0 Å². The first-order valence-electron chi connectivity index (χ1n) is 11.0. The number of imidazole rings is 1. The number of hydrogen-bond acceptors (Lipinski definition) is 3. The van der Waals surface area contributed by atoms with Crippen LogP contribution in [-0.4, -0.2) is 22.7 Å². The summed E-state index contributed by atoms with van der Waals surface area (Å²) in [7, 11) is -1.81. The van der Waals surface area contributed by atoms with Gasteiger partial charge in [0.25, 0.3) is 0 Å². The van der Waals surface area contributed by atoms with E-state index in [1.54, 1.807) is 0 Å². The van der Waals surface area contributed by atoms with E-state index in [4.69, 9.17) is 13.8 Å². The van der Waals surface area contributed by atoms with Gasteiger partial charge in [-0.3, -0.25) is 0 Å². The second-order valence-electron chi connectivity index (χ2n) is 9.90. The van der Waals surface area contributed by atoms with Crippen LogP contribution in [0.5, 0.6) is 0 Å². The molecule has 0 amide bonds. The molecule has 1 aromatic carbocycles. The lowest BCUT2D eigenvalue weighted by atomic mass is 10.1. The second kappa shape index (κ2) is 7.50. The number of rotatable bonds is 5. The number of H-pyrrole nitrogens is 1. The third-order valence-corrected chi connectivity index (χ3v) is 11.1. The minimum absolute atomic E-state index is 0.179. The van der Waals surface area contributed by atoms with Crippen LogP contribution in [0.2, 0.25) is 18.1 Å². The number of pyridine rings is 1. The van der Waals surface area contributed by atoms with Crippen LogP contribution in [0.4, 0.5) is 0 Å². The fourth-order valence-corrected chi connectivity index (χ4v) is 4.50. The molecular weight excluding hydrogens is 414 g/mol. The van der Waals surface area contributed by atoms with Gasteiger partial charge in [0.15, 0.2) is 8.32 Å². The summed E-state index contributed by atoms with van der Waals surface area (Å²) in [5, 5.41) is 1.38. The van der Waals surface area contributed by atoms with E-state index in [0.29, 0.717) is 6.61 Å². The number of nitrogens with one attached hydrogen (secondary N) is 1. The van der Waals surface area contributed by atoms with E-state index in [9.17, 15) is 0 Å². The molecule has 4 aromatic heterocycles. The van der Waals surface area contributed by atoms with E-state index in [1.165, 1.54) is 5.39 Å². The van der Waals surface area contributed by atoms with Crippen molar-refractivity contribution in [1.29, 1.82) is 0 Å². The summed E-state index contributed by atoms with van der Waals surface area (Å²) >= 11 is 0. The minimum atomic E-state index is -1.81. The van der Waals surface area contributed by atoms with Crippen molar-refractivity contribution in [2.45, 2.75) is 45.5 Å². The highest BCUT2D eigenvalue weighted by Crippen LogP contribution is 2.37. The monoisotopic (exact) mass is 443 g/mol. The van der Waals surface area contributed by atoms with Crippen molar-refractivity contribution in [2.24, 2.45) is 0 Å². The predicted octanol–water partition coefficient (Wildman–Crippen LogP) is 7.26. The maximum atomic E-state index is 6.30. The molecule has 1 N–H and O–H groups in total.